The van der Waals surface area contributed by atoms with E-state index in [9.17, 15) is 14.7 Å². The Balaban J connectivity index is 2.37. The molecule has 1 amide bonds. The SMILES string of the molecule is CCCn1cc(Br)cc1C(=O)N1CCCC1(CC)C(=O)O. The van der Waals surface area contributed by atoms with Gasteiger partial charge in [0.15, 0.2) is 0 Å². The lowest BCUT2D eigenvalue weighted by Crippen LogP contribution is -2.53. The number of hydrogen-bond acceptors (Lipinski definition) is 2. The van der Waals surface area contributed by atoms with Crippen LogP contribution < -0.4 is 0 Å². The minimum atomic E-state index is -1.05. The molecule has 2 rings (SSSR count). The van der Waals surface area contributed by atoms with Crippen molar-refractivity contribution in [2.24, 2.45) is 0 Å². The Bertz CT molecular complexity index is 555. The molecule has 0 radical (unpaired) electrons. The molecule has 2 heterocycles. The van der Waals surface area contributed by atoms with Crippen LogP contribution in [0.3, 0.4) is 0 Å². The molecule has 1 aromatic rings. The van der Waals surface area contributed by atoms with Crippen molar-refractivity contribution in [3.05, 3.63) is 22.4 Å². The molecule has 1 unspecified atom stereocenters. The fourth-order valence-electron chi connectivity index (χ4n) is 3.13. The van der Waals surface area contributed by atoms with E-state index >= 15 is 0 Å². The van der Waals surface area contributed by atoms with Crippen molar-refractivity contribution in [2.45, 2.75) is 51.6 Å². The van der Waals surface area contributed by atoms with Crippen LogP contribution in [0.25, 0.3) is 0 Å². The summed E-state index contributed by atoms with van der Waals surface area (Å²) in [4.78, 5) is 26.1. The molecule has 0 spiro atoms. The molecule has 21 heavy (non-hydrogen) atoms. The molecule has 1 fully saturated rings. The Morgan fingerprint density at radius 1 is 1.43 bits per heavy atom. The van der Waals surface area contributed by atoms with Gasteiger partial charge in [0.05, 0.1) is 0 Å². The molecule has 1 aromatic heterocycles. The summed E-state index contributed by atoms with van der Waals surface area (Å²) >= 11 is 3.40. The summed E-state index contributed by atoms with van der Waals surface area (Å²) in [6.45, 7) is 5.13. The summed E-state index contributed by atoms with van der Waals surface area (Å²) in [5.74, 6) is -1.08. The molecule has 0 aliphatic carbocycles. The molecule has 1 aliphatic rings. The third-order valence-corrected chi connectivity index (χ3v) is 4.70. The molecule has 1 N–H and O–H groups in total. The van der Waals surface area contributed by atoms with Gasteiger partial charge < -0.3 is 14.6 Å². The van der Waals surface area contributed by atoms with E-state index in [1.54, 1.807) is 11.0 Å². The molecule has 1 saturated heterocycles. The second-order valence-corrected chi connectivity index (χ2v) is 6.40. The molecule has 5 nitrogen and oxygen atoms in total. The number of carboxylic acid groups (broad SMARTS) is 1. The quantitative estimate of drug-likeness (QED) is 0.881. The number of halogens is 1. The number of rotatable bonds is 5. The van der Waals surface area contributed by atoms with Crippen molar-refractivity contribution in [3.8, 4) is 0 Å². The lowest BCUT2D eigenvalue weighted by Gasteiger charge is -2.34. The summed E-state index contributed by atoms with van der Waals surface area (Å²) in [7, 11) is 0. The van der Waals surface area contributed by atoms with Gasteiger partial charge in [-0.3, -0.25) is 4.79 Å². The number of aromatic nitrogens is 1. The van der Waals surface area contributed by atoms with Crippen molar-refractivity contribution in [1.29, 1.82) is 0 Å². The fraction of sp³-hybridized carbons (Fsp3) is 0.600. The predicted octanol–water partition coefficient (Wildman–Crippen LogP) is 3.13. The maximum absolute atomic E-state index is 12.9. The van der Waals surface area contributed by atoms with E-state index in [0.717, 1.165) is 23.9 Å². The number of nitrogens with zero attached hydrogens (tertiary/aromatic N) is 2. The molecule has 0 aromatic carbocycles. The smallest absolute Gasteiger partial charge is 0.329 e. The summed E-state index contributed by atoms with van der Waals surface area (Å²) in [6.07, 6.45) is 4.49. The lowest BCUT2D eigenvalue weighted by atomic mass is 9.93. The zero-order valence-corrected chi connectivity index (χ0v) is 14.0. The summed E-state index contributed by atoms with van der Waals surface area (Å²) in [5, 5.41) is 9.60. The van der Waals surface area contributed by atoms with Gasteiger partial charge in [-0.05, 0) is 47.7 Å². The Kier molecular flexibility index (Phi) is 4.76. The van der Waals surface area contributed by atoms with E-state index in [0.29, 0.717) is 25.1 Å². The van der Waals surface area contributed by atoms with E-state index in [1.165, 1.54) is 0 Å². The average molecular weight is 357 g/mol. The highest BCUT2D eigenvalue weighted by molar-refractivity contribution is 9.10. The van der Waals surface area contributed by atoms with Gasteiger partial charge in [-0.25, -0.2) is 4.79 Å². The summed E-state index contributed by atoms with van der Waals surface area (Å²) in [6, 6.07) is 1.78. The molecule has 1 atom stereocenters. The number of carbonyl (C=O) groups is 2. The topological polar surface area (TPSA) is 62.5 Å². The predicted molar refractivity (Wildman–Crippen MR) is 83.4 cm³/mol. The highest BCUT2D eigenvalue weighted by Gasteiger charge is 2.49. The highest BCUT2D eigenvalue weighted by atomic mass is 79.9. The lowest BCUT2D eigenvalue weighted by molar-refractivity contribution is -0.148. The van der Waals surface area contributed by atoms with Crippen molar-refractivity contribution in [1.82, 2.24) is 9.47 Å². The minimum Gasteiger partial charge on any atom is -0.479 e. The standard InChI is InChI=1S/C15H21BrN2O3/c1-3-7-17-10-11(16)9-12(17)13(19)18-8-5-6-15(18,4-2)14(20)21/h9-10H,3-8H2,1-2H3,(H,20,21). The fourth-order valence-corrected chi connectivity index (χ4v) is 3.60. The Morgan fingerprint density at radius 2 is 2.14 bits per heavy atom. The molecule has 0 bridgehead atoms. The first-order chi connectivity index (χ1) is 9.96. The van der Waals surface area contributed by atoms with Gasteiger partial charge in [0, 0.05) is 23.8 Å². The first kappa shape index (κ1) is 16.1. The van der Waals surface area contributed by atoms with Crippen molar-refractivity contribution >= 4 is 27.8 Å². The van der Waals surface area contributed by atoms with Gasteiger partial charge in [-0.2, -0.15) is 0 Å². The van der Waals surface area contributed by atoms with E-state index in [2.05, 4.69) is 15.9 Å². The van der Waals surface area contributed by atoms with Crippen LogP contribution in [0.2, 0.25) is 0 Å². The van der Waals surface area contributed by atoms with Gasteiger partial charge in [0.25, 0.3) is 5.91 Å². The molecule has 0 saturated carbocycles. The van der Waals surface area contributed by atoms with Crippen LogP contribution in [0.5, 0.6) is 0 Å². The van der Waals surface area contributed by atoms with Crippen LogP contribution in [0, 0.1) is 0 Å². The first-order valence-electron chi connectivity index (χ1n) is 7.37. The zero-order chi connectivity index (χ0) is 15.6. The van der Waals surface area contributed by atoms with Gasteiger partial charge in [-0.1, -0.05) is 13.8 Å². The van der Waals surface area contributed by atoms with Gasteiger partial charge >= 0.3 is 5.97 Å². The van der Waals surface area contributed by atoms with Gasteiger partial charge in [-0.15, -0.1) is 0 Å². The number of aryl methyl sites for hydroxylation is 1. The number of carbonyl (C=O) groups excluding carboxylic acids is 1. The molecular weight excluding hydrogens is 336 g/mol. The molecular formula is C15H21BrN2O3. The van der Waals surface area contributed by atoms with Crippen LogP contribution in [-0.4, -0.2) is 38.5 Å². The number of amides is 1. The second-order valence-electron chi connectivity index (χ2n) is 5.49. The summed E-state index contributed by atoms with van der Waals surface area (Å²) < 4.78 is 2.74. The zero-order valence-electron chi connectivity index (χ0n) is 12.4. The Hall–Kier alpha value is -1.30. The Labute approximate surface area is 133 Å². The normalized spacial score (nSPS) is 21.8. The first-order valence-corrected chi connectivity index (χ1v) is 8.16. The molecule has 6 heteroatoms. The van der Waals surface area contributed by atoms with Crippen LogP contribution >= 0.6 is 15.9 Å². The third-order valence-electron chi connectivity index (χ3n) is 4.26. The van der Waals surface area contributed by atoms with Crippen LogP contribution in [-0.2, 0) is 11.3 Å². The summed E-state index contributed by atoms with van der Waals surface area (Å²) in [5.41, 5.74) is -0.491. The van der Waals surface area contributed by atoms with E-state index < -0.39 is 11.5 Å². The van der Waals surface area contributed by atoms with Crippen LogP contribution in [0.15, 0.2) is 16.7 Å². The van der Waals surface area contributed by atoms with Gasteiger partial charge in [0.2, 0.25) is 0 Å². The van der Waals surface area contributed by atoms with E-state index in [-0.39, 0.29) is 5.91 Å². The maximum atomic E-state index is 12.9. The number of aliphatic carboxylic acids is 1. The maximum Gasteiger partial charge on any atom is 0.329 e. The van der Waals surface area contributed by atoms with Crippen molar-refractivity contribution in [2.75, 3.05) is 6.54 Å². The largest absolute Gasteiger partial charge is 0.479 e. The number of likely N-dealkylation sites (tertiary alicyclic amines) is 1. The minimum absolute atomic E-state index is 0.184. The molecule has 1 aliphatic heterocycles. The van der Waals surface area contributed by atoms with Crippen molar-refractivity contribution in [3.63, 3.8) is 0 Å². The number of hydrogen-bond donors (Lipinski definition) is 1. The third kappa shape index (κ3) is 2.73. The second kappa shape index (κ2) is 6.22. The highest BCUT2D eigenvalue weighted by Crippen LogP contribution is 2.34. The van der Waals surface area contributed by atoms with E-state index in [1.807, 2.05) is 24.6 Å². The Morgan fingerprint density at radius 3 is 2.71 bits per heavy atom. The average Bonchev–Trinajstić information content (AvgIpc) is 3.02. The van der Waals surface area contributed by atoms with Crippen LogP contribution in [0.1, 0.15) is 50.0 Å². The van der Waals surface area contributed by atoms with Gasteiger partial charge in [0.1, 0.15) is 11.2 Å². The molecule has 116 valence electrons. The van der Waals surface area contributed by atoms with E-state index in [4.69, 9.17) is 0 Å². The van der Waals surface area contributed by atoms with Crippen LogP contribution in [0.4, 0.5) is 0 Å². The van der Waals surface area contributed by atoms with Crippen molar-refractivity contribution < 1.29 is 14.7 Å². The monoisotopic (exact) mass is 356 g/mol. The number of carboxylic acids is 1.